The molecule has 1 atom stereocenters. The Morgan fingerprint density at radius 3 is 2.80 bits per heavy atom. The van der Waals surface area contributed by atoms with Gasteiger partial charge in [-0.1, -0.05) is 0 Å². The van der Waals surface area contributed by atoms with Gasteiger partial charge in [0.25, 0.3) is 5.91 Å². The van der Waals surface area contributed by atoms with E-state index in [1.807, 2.05) is 0 Å². The molecule has 0 unspecified atom stereocenters. The summed E-state index contributed by atoms with van der Waals surface area (Å²) >= 11 is 1.15. The first-order chi connectivity index (χ1) is 11.7. The molecule has 1 N–H and O–H groups in total. The third-order valence-corrected chi connectivity index (χ3v) is 6.96. The summed E-state index contributed by atoms with van der Waals surface area (Å²) in [5.41, 5.74) is -0.836. The number of carbonyl (C=O) groups is 2. The average Bonchev–Trinajstić information content (AvgIpc) is 3.04. The third kappa shape index (κ3) is 4.16. The Balaban J connectivity index is 1.59. The van der Waals surface area contributed by atoms with Crippen LogP contribution in [0.2, 0.25) is 0 Å². The van der Waals surface area contributed by atoms with Gasteiger partial charge >= 0.3 is 5.97 Å². The summed E-state index contributed by atoms with van der Waals surface area (Å²) in [4.78, 5) is 24.2. The highest BCUT2D eigenvalue weighted by Crippen LogP contribution is 2.27. The highest BCUT2D eigenvalue weighted by atomic mass is 32.2. The SMILES string of the molecule is C[C@]1(NC(=O)COC(=O)c2cc3cc(F)ccc3s2)CCS(=O)(=O)C1. The second-order valence-electron chi connectivity index (χ2n) is 6.32. The number of halogens is 1. The van der Waals surface area contributed by atoms with Gasteiger partial charge in [0, 0.05) is 4.70 Å². The average molecular weight is 385 g/mol. The van der Waals surface area contributed by atoms with Gasteiger partial charge in [-0.15, -0.1) is 11.3 Å². The number of ether oxygens (including phenoxy) is 1. The Bertz CT molecular complexity index is 953. The lowest BCUT2D eigenvalue weighted by Gasteiger charge is -2.23. The number of carbonyl (C=O) groups excluding carboxylic acids is 2. The van der Waals surface area contributed by atoms with E-state index in [0.717, 1.165) is 16.0 Å². The largest absolute Gasteiger partial charge is 0.451 e. The summed E-state index contributed by atoms with van der Waals surface area (Å²) in [5, 5.41) is 3.20. The minimum Gasteiger partial charge on any atom is -0.451 e. The Kier molecular flexibility index (Phi) is 4.54. The molecule has 6 nitrogen and oxygen atoms in total. The molecule has 0 radical (unpaired) electrons. The molecule has 0 bridgehead atoms. The van der Waals surface area contributed by atoms with Crippen LogP contribution in [0.1, 0.15) is 23.0 Å². The number of esters is 1. The Labute approximate surface area is 147 Å². The second kappa shape index (κ2) is 6.38. The fourth-order valence-corrected chi connectivity index (χ4v) is 5.83. The van der Waals surface area contributed by atoms with Crippen molar-refractivity contribution in [3.05, 3.63) is 35.0 Å². The van der Waals surface area contributed by atoms with E-state index in [9.17, 15) is 22.4 Å². The summed E-state index contributed by atoms with van der Waals surface area (Å²) in [6, 6.07) is 5.70. The maximum atomic E-state index is 13.2. The zero-order valence-corrected chi connectivity index (χ0v) is 15.0. The van der Waals surface area contributed by atoms with Crippen molar-refractivity contribution in [1.29, 1.82) is 0 Å². The normalized spacial score (nSPS) is 22.0. The van der Waals surface area contributed by atoms with E-state index in [0.29, 0.717) is 11.8 Å². The van der Waals surface area contributed by atoms with E-state index in [4.69, 9.17) is 4.74 Å². The summed E-state index contributed by atoms with van der Waals surface area (Å²) in [5.74, 6) is -1.73. The number of hydrogen-bond donors (Lipinski definition) is 1. The van der Waals surface area contributed by atoms with Gasteiger partial charge in [-0.05, 0) is 43.0 Å². The predicted octanol–water partition coefficient (Wildman–Crippen LogP) is 1.89. The highest BCUT2D eigenvalue weighted by Gasteiger charge is 2.39. The van der Waals surface area contributed by atoms with Crippen molar-refractivity contribution in [3.8, 4) is 0 Å². The van der Waals surface area contributed by atoms with Crippen LogP contribution in [-0.4, -0.2) is 43.9 Å². The van der Waals surface area contributed by atoms with Crippen LogP contribution in [0, 0.1) is 5.82 Å². The number of fused-ring (bicyclic) bond motifs is 1. The third-order valence-electron chi connectivity index (χ3n) is 3.96. The molecule has 0 aliphatic carbocycles. The van der Waals surface area contributed by atoms with E-state index in [1.54, 1.807) is 13.0 Å². The van der Waals surface area contributed by atoms with E-state index in [1.165, 1.54) is 18.2 Å². The van der Waals surface area contributed by atoms with Crippen molar-refractivity contribution in [1.82, 2.24) is 5.32 Å². The molecule has 1 saturated heterocycles. The fraction of sp³-hybridized carbons (Fsp3) is 0.375. The lowest BCUT2D eigenvalue weighted by Crippen LogP contribution is -2.48. The van der Waals surface area contributed by atoms with Crippen molar-refractivity contribution in [3.63, 3.8) is 0 Å². The molecule has 25 heavy (non-hydrogen) atoms. The van der Waals surface area contributed by atoms with Crippen molar-refractivity contribution in [2.45, 2.75) is 18.9 Å². The number of nitrogens with one attached hydrogen (secondary N) is 1. The second-order valence-corrected chi connectivity index (χ2v) is 9.59. The molecule has 134 valence electrons. The van der Waals surface area contributed by atoms with Gasteiger partial charge < -0.3 is 10.1 Å². The number of amides is 1. The summed E-state index contributed by atoms with van der Waals surface area (Å²) in [6.07, 6.45) is 0.330. The first kappa shape index (κ1) is 17.8. The maximum absolute atomic E-state index is 13.2. The van der Waals surface area contributed by atoms with Crippen molar-refractivity contribution in [2.75, 3.05) is 18.1 Å². The van der Waals surface area contributed by atoms with Gasteiger partial charge in [0.1, 0.15) is 10.7 Å². The van der Waals surface area contributed by atoms with Crippen molar-refractivity contribution in [2.24, 2.45) is 0 Å². The van der Waals surface area contributed by atoms with Gasteiger partial charge in [0.2, 0.25) is 0 Å². The van der Waals surface area contributed by atoms with E-state index in [-0.39, 0.29) is 16.4 Å². The van der Waals surface area contributed by atoms with E-state index >= 15 is 0 Å². The lowest BCUT2D eigenvalue weighted by atomic mass is 10.0. The van der Waals surface area contributed by atoms with Gasteiger partial charge in [-0.2, -0.15) is 0 Å². The van der Waals surface area contributed by atoms with Crippen LogP contribution in [0.3, 0.4) is 0 Å². The molecular formula is C16H16FNO5S2. The standard InChI is InChI=1S/C16H16FNO5S2/c1-16(4-5-25(21,22)9-16)18-14(19)8-23-15(20)13-7-10-6-11(17)2-3-12(10)24-13/h2-3,6-7H,4-5,8-9H2,1H3,(H,18,19)/t16-/m0/s1. The van der Waals surface area contributed by atoms with Crippen LogP contribution >= 0.6 is 11.3 Å². The summed E-state index contributed by atoms with van der Waals surface area (Å²) < 4.78 is 41.9. The first-order valence-corrected chi connectivity index (χ1v) is 10.2. The quantitative estimate of drug-likeness (QED) is 0.812. The first-order valence-electron chi connectivity index (χ1n) is 7.54. The molecular weight excluding hydrogens is 369 g/mol. The van der Waals surface area contributed by atoms with E-state index in [2.05, 4.69) is 5.32 Å². The molecule has 2 aromatic rings. The zero-order valence-electron chi connectivity index (χ0n) is 13.4. The number of rotatable bonds is 4. The maximum Gasteiger partial charge on any atom is 0.348 e. The van der Waals surface area contributed by atoms with Crippen LogP contribution in [0.25, 0.3) is 10.1 Å². The molecule has 0 saturated carbocycles. The molecule has 1 amide bonds. The minimum atomic E-state index is -3.14. The number of hydrogen-bond acceptors (Lipinski definition) is 6. The molecule has 1 aliphatic heterocycles. The summed E-state index contributed by atoms with van der Waals surface area (Å²) in [7, 11) is -3.14. The summed E-state index contributed by atoms with van der Waals surface area (Å²) in [6.45, 7) is 1.15. The Morgan fingerprint density at radius 1 is 1.36 bits per heavy atom. The Morgan fingerprint density at radius 2 is 2.12 bits per heavy atom. The number of thiophene rings is 1. The fourth-order valence-electron chi connectivity index (χ4n) is 2.80. The molecule has 1 aromatic heterocycles. The minimum absolute atomic E-state index is 0.0297. The zero-order chi connectivity index (χ0) is 18.2. The van der Waals surface area contributed by atoms with Crippen molar-refractivity contribution >= 4 is 43.1 Å². The van der Waals surface area contributed by atoms with Crippen LogP contribution in [0.15, 0.2) is 24.3 Å². The van der Waals surface area contributed by atoms with Gasteiger partial charge in [0.05, 0.1) is 17.0 Å². The molecule has 3 rings (SSSR count). The smallest absolute Gasteiger partial charge is 0.348 e. The number of sulfone groups is 1. The molecule has 9 heteroatoms. The van der Waals surface area contributed by atoms with Crippen LogP contribution in [0.4, 0.5) is 4.39 Å². The predicted molar refractivity (Wildman–Crippen MR) is 91.9 cm³/mol. The number of benzene rings is 1. The molecule has 1 fully saturated rings. The van der Waals surface area contributed by atoms with Crippen LogP contribution < -0.4 is 5.32 Å². The lowest BCUT2D eigenvalue weighted by molar-refractivity contribution is -0.125. The van der Waals surface area contributed by atoms with Crippen LogP contribution in [-0.2, 0) is 19.4 Å². The molecule has 2 heterocycles. The van der Waals surface area contributed by atoms with Gasteiger partial charge in [0.15, 0.2) is 16.4 Å². The van der Waals surface area contributed by atoms with Crippen molar-refractivity contribution < 1.29 is 27.1 Å². The molecule has 1 aromatic carbocycles. The molecule has 1 aliphatic rings. The van der Waals surface area contributed by atoms with Gasteiger partial charge in [-0.3, -0.25) is 4.79 Å². The van der Waals surface area contributed by atoms with E-state index < -0.39 is 39.7 Å². The van der Waals surface area contributed by atoms with Gasteiger partial charge in [-0.25, -0.2) is 17.6 Å². The molecule has 0 spiro atoms. The van der Waals surface area contributed by atoms with Crippen LogP contribution in [0.5, 0.6) is 0 Å². The Hall–Kier alpha value is -2.00. The topological polar surface area (TPSA) is 89.5 Å². The monoisotopic (exact) mass is 385 g/mol. The highest BCUT2D eigenvalue weighted by molar-refractivity contribution is 7.91.